The van der Waals surface area contributed by atoms with Gasteiger partial charge >= 0.3 is 12.2 Å². The average Bonchev–Trinajstić information content (AvgIpc) is 1.53. The first kappa shape index (κ1) is 104. The zero-order valence-electron chi connectivity index (χ0n) is 76.6. The number of ether oxygens (including phenoxy) is 1. The van der Waals surface area contributed by atoms with Gasteiger partial charge in [0.05, 0.1) is 122 Å². The molecule has 7 aromatic carbocycles. The van der Waals surface area contributed by atoms with E-state index in [-0.39, 0.29) is 15.5 Å². The summed E-state index contributed by atoms with van der Waals surface area (Å²) >= 11 is 10.3. The zero-order chi connectivity index (χ0) is 100. The number of pyridine rings is 2. The fraction of sp³-hybridized carbons (Fsp3) is 0.118. The van der Waals surface area contributed by atoms with Gasteiger partial charge in [0.15, 0.2) is 35.2 Å². The number of thioether (sulfide) groups is 1. The molecule has 12 heterocycles. The van der Waals surface area contributed by atoms with Crippen molar-refractivity contribution in [3.63, 3.8) is 0 Å². The van der Waals surface area contributed by atoms with Gasteiger partial charge in [0, 0.05) is 135 Å². The van der Waals surface area contributed by atoms with Gasteiger partial charge in [-0.05, 0) is 191 Å². The minimum absolute atomic E-state index is 0.0375. The zero-order valence-corrected chi connectivity index (χ0v) is 85.6. The topological polar surface area (TPSA) is 371 Å². The van der Waals surface area contributed by atoms with E-state index in [1.807, 2.05) is 97.5 Å². The molecule has 0 aliphatic rings. The van der Waals surface area contributed by atoms with E-state index in [2.05, 4.69) is 170 Å². The van der Waals surface area contributed by atoms with Crippen molar-refractivity contribution >= 4 is 153 Å². The number of benzene rings is 7. The number of aryl methyl sites for hydroxylation is 1. The molecule has 0 aliphatic heterocycles. The highest BCUT2D eigenvalue weighted by Crippen LogP contribution is 2.36. The van der Waals surface area contributed by atoms with E-state index in [1.54, 1.807) is 197 Å². The molecule has 0 amide bonds. The van der Waals surface area contributed by atoms with Gasteiger partial charge in [-0.1, -0.05) is 121 Å². The van der Waals surface area contributed by atoms with Gasteiger partial charge in [-0.15, -0.1) is 68.4 Å². The molecule has 12 aromatic heterocycles. The number of sulfone groups is 3. The van der Waals surface area contributed by atoms with Crippen LogP contribution in [0.3, 0.4) is 0 Å². The molecule has 0 fully saturated rings. The predicted octanol–water partition coefficient (Wildman–Crippen LogP) is 23.3. The second kappa shape index (κ2) is 48.6. The summed E-state index contributed by atoms with van der Waals surface area (Å²) < 4.78 is 151. The standard InChI is InChI=1S/C19H15F3N2O3S.C19H16N2O2S2.C17H16N2O2S2.C16H15N3OS2.C16H15N3S2.C15H14N4O2S2/c1-12-3-7-14(8-4-12)27-18-23-16(11-17(24-18)19(20,21)22)13-5-9-15(10-6-13)28(2,25)26;1-25(22,23)17-6-4-14(5-7-17)15-11-19-18(20-12-15)8-9-21(19)13-16-3-2-10-24-16;1-23(20,21)17-6-4-13(5-7-17)14-9-15(11-18-10-14)19-12-16-3-2-8-22-16;1-22(20)14-6-4-12(5-7-14)15-10-17-11-16(19-15)18-9-13-3-2-8-21-13;1-20-13-6-4-12(5-7-13)15-10-17-11-16(19-15)18-9-14-3-2-8-21-14;16-23(20,21)13-5-3-11(4-6-13)14-9-17-10-15(19-14)18-8-12-2-1-7-22-12/h3-11H,1-2H3;2-12H,13H2,1H3;2-11,19H,12H2,1H3;2-8,10-11H,9H2,1H3,(H,18,19);2-8,10-11H,9H2,1H3,(H,18,19);1-7,9-10H,8H2,(H,18,19)(H2,16,20,21). The second-order valence-electron chi connectivity index (χ2n) is 31.2. The molecule has 0 saturated carbocycles. The van der Waals surface area contributed by atoms with Crippen LogP contribution in [0.25, 0.3) is 78.3 Å². The summed E-state index contributed by atoms with van der Waals surface area (Å²) in [6.45, 7) is 5.64. The van der Waals surface area contributed by atoms with Crippen LogP contribution in [0.1, 0.15) is 35.6 Å². The maximum absolute atomic E-state index is 13.3. The normalized spacial score (nSPS) is 11.6. The van der Waals surface area contributed by atoms with Gasteiger partial charge in [-0.2, -0.15) is 23.1 Å². The molecule has 1 unspecified atom stereocenters. The van der Waals surface area contributed by atoms with Gasteiger partial charge in [-0.3, -0.25) is 29.1 Å². The van der Waals surface area contributed by atoms with Gasteiger partial charge in [0.2, 0.25) is 10.0 Å². The number of rotatable bonds is 28. The van der Waals surface area contributed by atoms with Gasteiger partial charge in [0.25, 0.3) is 0 Å². The fourth-order valence-electron chi connectivity index (χ4n) is 13.3. The summed E-state index contributed by atoms with van der Waals surface area (Å²) in [6, 6.07) is 75.1. The summed E-state index contributed by atoms with van der Waals surface area (Å²) in [6.07, 6.45) is 20.2. The highest BCUT2D eigenvalue weighted by molar-refractivity contribution is 7.98. The maximum atomic E-state index is 13.3. The highest BCUT2D eigenvalue weighted by Gasteiger charge is 2.34. The number of hydrogen-bond donors (Lipinski definition) is 5. The SMILES string of the molecule is CS(=O)(=O)c1ccc(-c2cnc3ccn(Cc4cccs4)c3c2)cc1.CS(=O)(=O)c1ccc(-c2cncc(NCc3cccs3)c2)cc1.CS(=O)c1ccc(-c2cncc(NCc3cccs3)n2)cc1.CSc1ccc(-c2cncc(NCc3cccs3)n2)cc1.Cc1ccc(Oc2nc(-c3ccc(S(C)(=O)=O)cc3)cc(C(F)(F)F)n2)cc1.NS(=O)(=O)c1ccc(-c2cncc(NCc3cccs3)n2)cc1. The molecule has 19 rings (SSSR count). The number of primary sulfonamides is 1. The summed E-state index contributed by atoms with van der Waals surface area (Å²) in [7, 11) is -14.4. The van der Waals surface area contributed by atoms with E-state index in [0.29, 0.717) is 39.2 Å². The van der Waals surface area contributed by atoms with Crippen LogP contribution >= 0.6 is 68.4 Å². The molecule has 0 aliphatic carbocycles. The van der Waals surface area contributed by atoms with Gasteiger partial charge in [0.1, 0.15) is 23.2 Å². The highest BCUT2D eigenvalue weighted by atomic mass is 32.2. The lowest BCUT2D eigenvalue weighted by atomic mass is 10.1. The Balaban J connectivity index is 0.000000136. The van der Waals surface area contributed by atoms with Gasteiger partial charge < -0.3 is 30.6 Å². The van der Waals surface area contributed by atoms with Crippen LogP contribution in [0, 0.1) is 6.92 Å². The Morgan fingerprint density at radius 1 is 0.408 bits per heavy atom. The van der Waals surface area contributed by atoms with Crippen LogP contribution in [0.15, 0.2) is 373 Å². The van der Waals surface area contributed by atoms with E-state index in [9.17, 15) is 51.1 Å². The number of fused-ring (bicyclic) bond motifs is 1. The molecule has 19 aromatic rings. The fourth-order valence-corrected chi connectivity index (χ4v) is 19.9. The molecule has 1 atom stereocenters. The molecular formula is C102H91F3N16O10S11. The number of sulfonamides is 1. The number of halogens is 3. The lowest BCUT2D eigenvalue weighted by molar-refractivity contribution is -0.141. The van der Waals surface area contributed by atoms with Crippen molar-refractivity contribution in [3.05, 3.63) is 379 Å². The smallest absolute Gasteiger partial charge is 0.424 e. The molecule has 26 nitrogen and oxygen atoms in total. The van der Waals surface area contributed by atoms with Crippen LogP contribution in [0.4, 0.5) is 36.3 Å². The summed E-state index contributed by atoms with van der Waals surface area (Å²) in [5.74, 6) is 2.50. The Kier molecular flexibility index (Phi) is 35.6. The Labute approximate surface area is 847 Å². The molecule has 0 bridgehead atoms. The summed E-state index contributed by atoms with van der Waals surface area (Å²) in [5.41, 5.74) is 12.0. The van der Waals surface area contributed by atoms with Crippen molar-refractivity contribution in [2.45, 2.75) is 75.2 Å². The number of alkyl halides is 3. The van der Waals surface area contributed by atoms with Crippen LogP contribution in [-0.2, 0) is 89.2 Å². The summed E-state index contributed by atoms with van der Waals surface area (Å²) in [4.78, 5) is 51.8. The summed E-state index contributed by atoms with van der Waals surface area (Å²) in [5, 5.41) is 28.5. The third kappa shape index (κ3) is 30.9. The van der Waals surface area contributed by atoms with E-state index < -0.39 is 68.2 Å². The lowest BCUT2D eigenvalue weighted by Crippen LogP contribution is -2.11. The number of anilines is 4. The Morgan fingerprint density at radius 3 is 1.20 bits per heavy atom. The van der Waals surface area contributed by atoms with Crippen molar-refractivity contribution < 1.29 is 55.8 Å². The predicted molar refractivity (Wildman–Crippen MR) is 566 cm³/mol. The Morgan fingerprint density at radius 2 is 0.796 bits per heavy atom. The first-order valence-electron chi connectivity index (χ1n) is 42.9. The number of hydrogen-bond acceptors (Lipinski definition) is 30. The van der Waals surface area contributed by atoms with E-state index in [1.165, 1.54) is 78.2 Å². The van der Waals surface area contributed by atoms with E-state index >= 15 is 0 Å². The quantitative estimate of drug-likeness (QED) is 0.0284. The molecule has 0 radical (unpaired) electrons. The molecule has 142 heavy (non-hydrogen) atoms. The average molecular weight is 2110 g/mol. The number of nitrogens with zero attached hydrogens (tertiary/aromatic N) is 11. The van der Waals surface area contributed by atoms with Crippen molar-refractivity contribution in [3.8, 4) is 79.0 Å². The van der Waals surface area contributed by atoms with Crippen LogP contribution in [0.2, 0.25) is 0 Å². The van der Waals surface area contributed by atoms with Crippen molar-refractivity contribution in [2.75, 3.05) is 52.5 Å². The third-order valence-electron chi connectivity index (χ3n) is 20.7. The van der Waals surface area contributed by atoms with Crippen molar-refractivity contribution in [2.24, 2.45) is 5.14 Å². The largest absolute Gasteiger partial charge is 0.433 e. The number of thiophene rings is 5. The Hall–Kier alpha value is -13.8. The first-order chi connectivity index (χ1) is 68.1. The molecular weight excluding hydrogens is 2020 g/mol. The molecule has 0 saturated heterocycles. The minimum atomic E-state index is -4.70. The number of aromatic nitrogens is 11. The van der Waals surface area contributed by atoms with Gasteiger partial charge in [-0.25, -0.2) is 53.8 Å². The number of nitrogens with two attached hydrogens (primary N) is 1. The molecule has 726 valence electrons. The molecule has 6 N–H and O–H groups in total. The second-order valence-corrected chi connectivity index (χ2v) is 46.2. The maximum Gasteiger partial charge on any atom is 0.433 e. The van der Waals surface area contributed by atoms with Crippen LogP contribution in [-0.4, -0.2) is 124 Å². The lowest BCUT2D eigenvalue weighted by Gasteiger charge is -2.11. The number of nitrogens with one attached hydrogen (secondary N) is 4. The molecule has 40 heteroatoms. The van der Waals surface area contributed by atoms with Crippen LogP contribution < -0.4 is 31.1 Å². The Bertz CT molecular complexity index is 7720. The van der Waals surface area contributed by atoms with Crippen LogP contribution in [0.5, 0.6) is 11.8 Å². The van der Waals surface area contributed by atoms with E-state index in [4.69, 9.17) is 9.88 Å². The molecule has 0 spiro atoms. The third-order valence-corrected chi connectivity index (χ3v) is 31.0. The van der Waals surface area contributed by atoms with E-state index in [0.717, 1.165) is 128 Å². The van der Waals surface area contributed by atoms with Crippen molar-refractivity contribution in [1.82, 2.24) is 54.4 Å². The minimum Gasteiger partial charge on any atom is -0.424 e. The van der Waals surface area contributed by atoms with Crippen molar-refractivity contribution in [1.29, 1.82) is 0 Å². The monoisotopic (exact) mass is 2110 g/mol. The first-order valence-corrected chi connectivity index (χ1v) is 57.3.